The van der Waals surface area contributed by atoms with Gasteiger partial charge in [0.25, 0.3) is 5.91 Å². The van der Waals surface area contributed by atoms with Gasteiger partial charge in [-0.15, -0.1) is 0 Å². The summed E-state index contributed by atoms with van der Waals surface area (Å²) in [6.45, 7) is 4.32. The van der Waals surface area contributed by atoms with Crippen molar-refractivity contribution in [2.24, 2.45) is 0 Å². The SMILES string of the molecule is C[C@@H](C(=O)Nc1ccc2c(c1)CCC2)[NH+]1CCCC1. The second-order valence-corrected chi connectivity index (χ2v) is 5.91. The third kappa shape index (κ3) is 2.66. The Hall–Kier alpha value is -1.35. The zero-order chi connectivity index (χ0) is 13.2. The van der Waals surface area contributed by atoms with Crippen molar-refractivity contribution < 1.29 is 9.69 Å². The van der Waals surface area contributed by atoms with Crippen LogP contribution in [0.2, 0.25) is 0 Å². The average molecular weight is 259 g/mol. The Labute approximate surface area is 115 Å². The number of rotatable bonds is 3. The maximum Gasteiger partial charge on any atom is 0.282 e. The molecule has 1 atom stereocenters. The minimum atomic E-state index is 0.0655. The molecule has 1 aromatic rings. The second kappa shape index (κ2) is 5.33. The van der Waals surface area contributed by atoms with Gasteiger partial charge < -0.3 is 10.2 Å². The lowest BCUT2D eigenvalue weighted by molar-refractivity contribution is -0.901. The smallest absolute Gasteiger partial charge is 0.282 e. The number of quaternary nitrogens is 1. The van der Waals surface area contributed by atoms with Gasteiger partial charge in [-0.2, -0.15) is 0 Å². The van der Waals surface area contributed by atoms with Crippen molar-refractivity contribution in [3.8, 4) is 0 Å². The molecule has 2 N–H and O–H groups in total. The van der Waals surface area contributed by atoms with Crippen molar-refractivity contribution >= 4 is 11.6 Å². The average Bonchev–Trinajstić information content (AvgIpc) is 3.08. The van der Waals surface area contributed by atoms with Crippen molar-refractivity contribution in [2.45, 2.75) is 45.1 Å². The maximum absolute atomic E-state index is 12.3. The first-order chi connectivity index (χ1) is 9.24. The van der Waals surface area contributed by atoms with Gasteiger partial charge >= 0.3 is 0 Å². The first-order valence-corrected chi connectivity index (χ1v) is 7.51. The molecular weight excluding hydrogens is 236 g/mol. The maximum atomic E-state index is 12.3. The van der Waals surface area contributed by atoms with E-state index >= 15 is 0 Å². The molecule has 0 bridgehead atoms. The molecule has 1 fully saturated rings. The Morgan fingerprint density at radius 3 is 2.68 bits per heavy atom. The first-order valence-electron chi connectivity index (χ1n) is 7.51. The lowest BCUT2D eigenvalue weighted by atomic mass is 10.1. The van der Waals surface area contributed by atoms with E-state index in [1.54, 1.807) is 0 Å². The van der Waals surface area contributed by atoms with Gasteiger partial charge in [0.2, 0.25) is 0 Å². The highest BCUT2D eigenvalue weighted by atomic mass is 16.2. The zero-order valence-corrected chi connectivity index (χ0v) is 11.7. The highest BCUT2D eigenvalue weighted by molar-refractivity contribution is 5.93. The first kappa shape index (κ1) is 12.7. The molecule has 0 radical (unpaired) electrons. The van der Waals surface area contributed by atoms with Gasteiger partial charge in [0, 0.05) is 18.5 Å². The molecule has 0 saturated carbocycles. The lowest BCUT2D eigenvalue weighted by Gasteiger charge is -2.20. The molecule has 19 heavy (non-hydrogen) atoms. The molecule has 3 rings (SSSR count). The number of amides is 1. The van der Waals surface area contributed by atoms with E-state index in [9.17, 15) is 4.79 Å². The minimum Gasteiger partial charge on any atom is -0.325 e. The Kier molecular flexibility index (Phi) is 3.56. The van der Waals surface area contributed by atoms with Crippen LogP contribution < -0.4 is 10.2 Å². The van der Waals surface area contributed by atoms with E-state index in [0.29, 0.717) is 0 Å². The molecule has 1 heterocycles. The highest BCUT2D eigenvalue weighted by Crippen LogP contribution is 2.24. The Morgan fingerprint density at radius 2 is 1.89 bits per heavy atom. The van der Waals surface area contributed by atoms with E-state index in [0.717, 1.165) is 25.2 Å². The Bertz CT molecular complexity index is 478. The predicted molar refractivity (Wildman–Crippen MR) is 76.5 cm³/mol. The number of hydrogen-bond donors (Lipinski definition) is 2. The number of carbonyl (C=O) groups is 1. The van der Waals surface area contributed by atoms with Gasteiger partial charge in [-0.25, -0.2) is 0 Å². The zero-order valence-electron chi connectivity index (χ0n) is 11.7. The van der Waals surface area contributed by atoms with Crippen LogP contribution in [0.3, 0.4) is 0 Å². The van der Waals surface area contributed by atoms with Crippen LogP contribution in [0.1, 0.15) is 37.3 Å². The number of hydrogen-bond acceptors (Lipinski definition) is 1. The van der Waals surface area contributed by atoms with E-state index in [2.05, 4.69) is 17.4 Å². The summed E-state index contributed by atoms with van der Waals surface area (Å²) >= 11 is 0. The van der Waals surface area contributed by atoms with Crippen molar-refractivity contribution in [3.05, 3.63) is 29.3 Å². The number of carbonyl (C=O) groups excluding carboxylic acids is 1. The quantitative estimate of drug-likeness (QED) is 0.840. The number of aryl methyl sites for hydroxylation is 2. The second-order valence-electron chi connectivity index (χ2n) is 5.91. The molecule has 0 unspecified atom stereocenters. The summed E-state index contributed by atoms with van der Waals surface area (Å²) in [5.74, 6) is 0.162. The Balaban J connectivity index is 1.65. The van der Waals surface area contributed by atoms with Crippen LogP contribution in [0, 0.1) is 0 Å². The highest BCUT2D eigenvalue weighted by Gasteiger charge is 2.27. The molecule has 2 aliphatic rings. The summed E-state index contributed by atoms with van der Waals surface area (Å²) < 4.78 is 0. The van der Waals surface area contributed by atoms with Crippen LogP contribution in [0.5, 0.6) is 0 Å². The molecule has 1 aliphatic heterocycles. The van der Waals surface area contributed by atoms with Gasteiger partial charge in [0.15, 0.2) is 6.04 Å². The van der Waals surface area contributed by atoms with Crippen molar-refractivity contribution in [1.29, 1.82) is 0 Å². The van der Waals surface area contributed by atoms with Gasteiger partial charge in [-0.05, 0) is 49.4 Å². The van der Waals surface area contributed by atoms with E-state index < -0.39 is 0 Å². The normalized spacial score (nSPS) is 20.3. The van der Waals surface area contributed by atoms with Gasteiger partial charge in [-0.1, -0.05) is 6.07 Å². The summed E-state index contributed by atoms with van der Waals surface area (Å²) in [5, 5.41) is 3.09. The van der Waals surface area contributed by atoms with E-state index in [-0.39, 0.29) is 11.9 Å². The molecule has 1 amide bonds. The van der Waals surface area contributed by atoms with Crippen molar-refractivity contribution in [3.63, 3.8) is 0 Å². The van der Waals surface area contributed by atoms with Crippen LogP contribution in [0.25, 0.3) is 0 Å². The fourth-order valence-corrected chi connectivity index (χ4v) is 3.35. The number of anilines is 1. The summed E-state index contributed by atoms with van der Waals surface area (Å²) in [4.78, 5) is 13.7. The summed E-state index contributed by atoms with van der Waals surface area (Å²) in [6, 6.07) is 6.45. The number of likely N-dealkylation sites (tertiary alicyclic amines) is 1. The topological polar surface area (TPSA) is 33.5 Å². The molecule has 3 heteroatoms. The molecule has 1 saturated heterocycles. The number of benzene rings is 1. The number of nitrogens with one attached hydrogen (secondary N) is 2. The molecule has 1 aliphatic carbocycles. The standard InChI is InChI=1S/C16H22N2O/c1-12(18-9-2-3-10-18)16(19)17-15-8-7-13-5-4-6-14(13)11-15/h7-8,11-12H,2-6,9-10H2,1H3,(H,17,19)/p+1/t12-/m0/s1. The third-order valence-electron chi connectivity index (χ3n) is 4.62. The third-order valence-corrected chi connectivity index (χ3v) is 4.62. The molecule has 102 valence electrons. The fraction of sp³-hybridized carbons (Fsp3) is 0.562. The summed E-state index contributed by atoms with van der Waals surface area (Å²) in [7, 11) is 0. The van der Waals surface area contributed by atoms with Crippen LogP contribution in [0.15, 0.2) is 18.2 Å². The van der Waals surface area contributed by atoms with E-state index in [4.69, 9.17) is 0 Å². The van der Waals surface area contributed by atoms with Gasteiger partial charge in [-0.3, -0.25) is 4.79 Å². The van der Waals surface area contributed by atoms with Crippen molar-refractivity contribution in [1.82, 2.24) is 0 Å². The van der Waals surface area contributed by atoms with Crippen LogP contribution in [0.4, 0.5) is 5.69 Å². The summed E-state index contributed by atoms with van der Waals surface area (Å²) in [5.41, 5.74) is 3.84. The minimum absolute atomic E-state index is 0.0655. The number of fused-ring (bicyclic) bond motifs is 1. The Morgan fingerprint density at radius 1 is 1.16 bits per heavy atom. The summed E-state index contributed by atoms with van der Waals surface area (Å²) in [6.07, 6.45) is 6.11. The van der Waals surface area contributed by atoms with E-state index in [1.165, 1.54) is 41.7 Å². The fourth-order valence-electron chi connectivity index (χ4n) is 3.35. The molecular formula is C16H23N2O+. The van der Waals surface area contributed by atoms with Crippen LogP contribution in [-0.2, 0) is 17.6 Å². The largest absolute Gasteiger partial charge is 0.325 e. The van der Waals surface area contributed by atoms with E-state index in [1.807, 2.05) is 13.0 Å². The predicted octanol–water partition coefficient (Wildman–Crippen LogP) is 1.18. The van der Waals surface area contributed by atoms with Gasteiger partial charge in [0.05, 0.1) is 13.1 Å². The van der Waals surface area contributed by atoms with Crippen LogP contribution in [-0.4, -0.2) is 25.0 Å². The molecule has 0 spiro atoms. The van der Waals surface area contributed by atoms with Gasteiger partial charge in [0.1, 0.15) is 0 Å². The molecule has 3 nitrogen and oxygen atoms in total. The van der Waals surface area contributed by atoms with Crippen LogP contribution >= 0.6 is 0 Å². The monoisotopic (exact) mass is 259 g/mol. The lowest BCUT2D eigenvalue weighted by Crippen LogP contribution is -3.14. The van der Waals surface area contributed by atoms with Crippen molar-refractivity contribution in [2.75, 3.05) is 18.4 Å². The molecule has 0 aromatic heterocycles. The molecule has 1 aromatic carbocycles.